The Morgan fingerprint density at radius 3 is 2.56 bits per heavy atom. The molecule has 2 atom stereocenters. The van der Waals surface area contributed by atoms with Crippen molar-refractivity contribution in [1.29, 1.82) is 0 Å². The van der Waals surface area contributed by atoms with Gasteiger partial charge in [0.1, 0.15) is 0 Å². The van der Waals surface area contributed by atoms with Crippen LogP contribution >= 0.6 is 12.4 Å². The molecule has 2 N–H and O–H groups in total. The fraction of sp³-hybridized carbons (Fsp3) is 0.923. The molecule has 0 radical (unpaired) electrons. The zero-order valence-corrected chi connectivity index (χ0v) is 12.1. The molecule has 1 spiro atoms. The van der Waals surface area contributed by atoms with Crippen molar-refractivity contribution in [3.05, 3.63) is 0 Å². The van der Waals surface area contributed by atoms with Gasteiger partial charge in [-0.2, -0.15) is 0 Å². The Morgan fingerprint density at radius 2 is 2.11 bits per heavy atom. The molecule has 0 amide bonds. The predicted molar refractivity (Wildman–Crippen MR) is 73.7 cm³/mol. The highest BCUT2D eigenvalue weighted by atomic mass is 35.5. The van der Waals surface area contributed by atoms with Crippen LogP contribution in [0.5, 0.6) is 0 Å². The van der Waals surface area contributed by atoms with E-state index < -0.39 is 0 Å². The zero-order chi connectivity index (χ0) is 12.3. The minimum Gasteiger partial charge on any atom is -0.446 e. The summed E-state index contributed by atoms with van der Waals surface area (Å²) in [7, 11) is 0. The molecule has 5 heteroatoms. The van der Waals surface area contributed by atoms with Crippen molar-refractivity contribution in [2.75, 3.05) is 19.6 Å². The number of halogens is 1. The second-order valence-electron chi connectivity index (χ2n) is 5.56. The van der Waals surface area contributed by atoms with E-state index in [2.05, 4.69) is 17.6 Å². The maximum atomic E-state index is 11.9. The molecule has 0 aromatic carbocycles. The molecule has 0 saturated carbocycles. The Hall–Kier alpha value is -0.320. The van der Waals surface area contributed by atoms with Gasteiger partial charge in [0.05, 0.1) is 11.3 Å². The van der Waals surface area contributed by atoms with E-state index in [0.29, 0.717) is 0 Å². The van der Waals surface area contributed by atoms with Gasteiger partial charge in [0.25, 0.3) is 0 Å². The Bertz CT molecular complexity index is 277. The normalized spacial score (nSPS) is 25.6. The van der Waals surface area contributed by atoms with Crippen molar-refractivity contribution in [3.8, 4) is 0 Å². The van der Waals surface area contributed by atoms with Crippen LogP contribution in [0.25, 0.3) is 0 Å². The molecule has 0 aromatic heterocycles. The van der Waals surface area contributed by atoms with Crippen molar-refractivity contribution < 1.29 is 9.53 Å². The number of hydrogen-bond donors (Lipinski definition) is 2. The number of carbonyl (C=O) groups excluding carboxylic acids is 1. The summed E-state index contributed by atoms with van der Waals surface area (Å²) >= 11 is 0. The largest absolute Gasteiger partial charge is 0.446 e. The number of ether oxygens (including phenoxy) is 1. The van der Waals surface area contributed by atoms with Crippen LogP contribution in [-0.4, -0.2) is 31.8 Å². The summed E-state index contributed by atoms with van der Waals surface area (Å²) in [6, 6.07) is 0. The molecule has 2 rings (SSSR count). The van der Waals surface area contributed by atoms with E-state index in [1.54, 1.807) is 0 Å². The fourth-order valence-corrected chi connectivity index (χ4v) is 2.45. The van der Waals surface area contributed by atoms with Gasteiger partial charge in [0, 0.05) is 19.6 Å². The van der Waals surface area contributed by atoms with E-state index in [0.717, 1.165) is 32.5 Å². The van der Waals surface area contributed by atoms with Gasteiger partial charge in [-0.3, -0.25) is 10.1 Å². The smallest absolute Gasteiger partial charge is 0.310 e. The topological polar surface area (TPSA) is 50.4 Å². The highest BCUT2D eigenvalue weighted by molar-refractivity contribution is 5.85. The number of rotatable bonds is 6. The molecule has 2 saturated heterocycles. The minimum atomic E-state index is -0.0510. The third-order valence-electron chi connectivity index (χ3n) is 4.03. The lowest BCUT2D eigenvalue weighted by atomic mass is 9.74. The molecule has 0 bridgehead atoms. The summed E-state index contributed by atoms with van der Waals surface area (Å²) in [5.41, 5.74) is 0.207. The van der Waals surface area contributed by atoms with Gasteiger partial charge in [-0.15, -0.1) is 12.4 Å². The molecule has 18 heavy (non-hydrogen) atoms. The monoisotopic (exact) mass is 276 g/mol. The van der Waals surface area contributed by atoms with Gasteiger partial charge in [0.2, 0.25) is 0 Å². The van der Waals surface area contributed by atoms with E-state index in [1.165, 1.54) is 12.8 Å². The second-order valence-corrected chi connectivity index (χ2v) is 5.56. The van der Waals surface area contributed by atoms with Crippen molar-refractivity contribution >= 4 is 18.4 Å². The third-order valence-corrected chi connectivity index (χ3v) is 4.03. The number of hydrogen-bond acceptors (Lipinski definition) is 4. The molecule has 2 aliphatic rings. The van der Waals surface area contributed by atoms with Crippen LogP contribution in [0.4, 0.5) is 0 Å². The van der Waals surface area contributed by atoms with Crippen LogP contribution in [0.2, 0.25) is 0 Å². The maximum Gasteiger partial charge on any atom is 0.310 e. The van der Waals surface area contributed by atoms with Gasteiger partial charge in [0.15, 0.2) is 6.23 Å². The summed E-state index contributed by atoms with van der Waals surface area (Å²) in [5.74, 6) is -0.00128. The summed E-state index contributed by atoms with van der Waals surface area (Å²) in [6.07, 6.45) is 4.42. The highest BCUT2D eigenvalue weighted by Gasteiger charge is 2.53. The number of nitrogens with one attached hydrogen (secondary N) is 2. The molecule has 2 fully saturated rings. The second kappa shape index (κ2) is 6.73. The lowest BCUT2D eigenvalue weighted by molar-refractivity contribution is -0.183. The number of esters is 1. The lowest BCUT2D eigenvalue weighted by Gasteiger charge is -2.55. The molecule has 2 heterocycles. The SMILES string of the molecule is CCCCCC(C)C(=O)OC1NCC12CNC2.Cl. The average Bonchev–Trinajstić information content (AvgIpc) is 2.22. The quantitative estimate of drug-likeness (QED) is 0.573. The Labute approximate surface area is 116 Å². The number of unbranched alkanes of at least 4 members (excludes halogenated alkanes) is 2. The molecule has 106 valence electrons. The fourth-order valence-electron chi connectivity index (χ4n) is 2.45. The van der Waals surface area contributed by atoms with E-state index in [4.69, 9.17) is 4.74 Å². The first kappa shape index (κ1) is 15.7. The van der Waals surface area contributed by atoms with E-state index in [1.807, 2.05) is 6.92 Å². The minimum absolute atomic E-state index is 0. The van der Waals surface area contributed by atoms with Crippen LogP contribution in [0.1, 0.15) is 39.5 Å². The third kappa shape index (κ3) is 3.16. The molecular weight excluding hydrogens is 252 g/mol. The van der Waals surface area contributed by atoms with Crippen LogP contribution in [0.15, 0.2) is 0 Å². The van der Waals surface area contributed by atoms with Crippen LogP contribution in [-0.2, 0) is 9.53 Å². The summed E-state index contributed by atoms with van der Waals surface area (Å²) in [5, 5.41) is 6.46. The highest BCUT2D eigenvalue weighted by Crippen LogP contribution is 2.34. The summed E-state index contributed by atoms with van der Waals surface area (Å²) in [6.45, 7) is 7.07. The Balaban J connectivity index is 0.00000162. The summed E-state index contributed by atoms with van der Waals surface area (Å²) in [4.78, 5) is 11.9. The van der Waals surface area contributed by atoms with E-state index in [-0.39, 0.29) is 35.9 Å². The lowest BCUT2D eigenvalue weighted by Crippen LogP contribution is -2.76. The summed E-state index contributed by atoms with van der Waals surface area (Å²) < 4.78 is 5.55. The maximum absolute atomic E-state index is 11.9. The van der Waals surface area contributed by atoms with Crippen molar-refractivity contribution in [1.82, 2.24) is 10.6 Å². The van der Waals surface area contributed by atoms with Crippen LogP contribution in [0.3, 0.4) is 0 Å². The molecule has 0 aromatic rings. The van der Waals surface area contributed by atoms with Gasteiger partial charge in [-0.25, -0.2) is 0 Å². The first-order chi connectivity index (χ1) is 8.18. The Morgan fingerprint density at radius 1 is 1.39 bits per heavy atom. The molecule has 2 aliphatic heterocycles. The zero-order valence-electron chi connectivity index (χ0n) is 11.3. The first-order valence-corrected chi connectivity index (χ1v) is 6.82. The van der Waals surface area contributed by atoms with Gasteiger partial charge < -0.3 is 10.1 Å². The standard InChI is InChI=1S/C13H24N2O2.ClH/c1-3-4-5-6-10(2)11(16)17-12-13(9-15-12)7-14-8-13;/h10,12,14-15H,3-9H2,1-2H3;1H. The van der Waals surface area contributed by atoms with E-state index >= 15 is 0 Å². The van der Waals surface area contributed by atoms with Crippen LogP contribution in [0, 0.1) is 11.3 Å². The van der Waals surface area contributed by atoms with Crippen molar-refractivity contribution in [3.63, 3.8) is 0 Å². The Kier molecular flexibility index (Phi) is 5.89. The number of carbonyl (C=O) groups is 1. The van der Waals surface area contributed by atoms with Crippen LogP contribution < -0.4 is 10.6 Å². The average molecular weight is 277 g/mol. The van der Waals surface area contributed by atoms with Gasteiger partial charge in [-0.05, 0) is 6.42 Å². The molecule has 2 unspecified atom stereocenters. The van der Waals surface area contributed by atoms with Crippen molar-refractivity contribution in [2.24, 2.45) is 11.3 Å². The molecular formula is C13H25ClN2O2. The molecule has 0 aliphatic carbocycles. The van der Waals surface area contributed by atoms with Crippen molar-refractivity contribution in [2.45, 2.75) is 45.8 Å². The van der Waals surface area contributed by atoms with E-state index in [9.17, 15) is 4.79 Å². The molecule has 4 nitrogen and oxygen atoms in total. The first-order valence-electron chi connectivity index (χ1n) is 6.82. The van der Waals surface area contributed by atoms with Gasteiger partial charge >= 0.3 is 5.97 Å². The predicted octanol–water partition coefficient (Wildman–Crippen LogP) is 1.69. The van der Waals surface area contributed by atoms with Gasteiger partial charge in [-0.1, -0.05) is 33.1 Å².